The predicted molar refractivity (Wildman–Crippen MR) is 84.5 cm³/mol. The van der Waals surface area contributed by atoms with Crippen LogP contribution in [-0.4, -0.2) is 56.6 Å². The van der Waals surface area contributed by atoms with Gasteiger partial charge in [-0.2, -0.15) is 0 Å². The molecule has 0 spiro atoms. The molecule has 0 aliphatic heterocycles. The van der Waals surface area contributed by atoms with Crippen molar-refractivity contribution >= 4 is 17.6 Å². The molecule has 4 rings (SSSR count). The summed E-state index contributed by atoms with van der Waals surface area (Å²) in [4.78, 5) is 58.6. The first kappa shape index (κ1) is 15.4. The number of H-pyrrole nitrogens is 2. The van der Waals surface area contributed by atoms with Crippen molar-refractivity contribution in [3.8, 4) is 0 Å². The fraction of sp³-hybridized carbons (Fsp3) is 0. The molecule has 0 saturated carbocycles. The number of rotatable bonds is 4. The van der Waals surface area contributed by atoms with Crippen molar-refractivity contribution in [2.75, 3.05) is 0 Å². The highest BCUT2D eigenvalue weighted by Crippen LogP contribution is 2.10. The lowest BCUT2D eigenvalue weighted by molar-refractivity contribution is 0.0906. The van der Waals surface area contributed by atoms with Crippen molar-refractivity contribution in [3.63, 3.8) is 0 Å². The van der Waals surface area contributed by atoms with E-state index in [1.807, 2.05) is 0 Å². The first-order valence-corrected chi connectivity index (χ1v) is 7.36. The minimum absolute atomic E-state index is 0.0482. The lowest BCUT2D eigenvalue weighted by Crippen LogP contribution is -2.24. The van der Waals surface area contributed by atoms with Gasteiger partial charge in [-0.15, -0.1) is 0 Å². The highest BCUT2D eigenvalue weighted by atomic mass is 16.2. The van der Waals surface area contributed by atoms with Gasteiger partial charge >= 0.3 is 0 Å². The largest absolute Gasteiger partial charge is 0.341 e. The summed E-state index contributed by atoms with van der Waals surface area (Å²) in [5, 5.41) is 0. The number of carbonyl (C=O) groups is 3. The molecular weight excluding hydrogens is 340 g/mol. The number of hydrogen-bond acceptors (Lipinski definition) is 7. The Kier molecular flexibility index (Phi) is 3.58. The fourth-order valence-electron chi connectivity index (χ4n) is 2.36. The maximum absolute atomic E-state index is 12.8. The van der Waals surface area contributed by atoms with Crippen LogP contribution >= 0.6 is 0 Å². The molecule has 0 amide bonds. The smallest absolute Gasteiger partial charge is 0.299 e. The SMILES string of the molecule is O=C(c1nccn1C(=O)c1ncc[nH]1)c1nccn1C(=O)c1ncc[nH]1. The van der Waals surface area contributed by atoms with E-state index in [1.54, 1.807) is 0 Å². The second-order valence-electron chi connectivity index (χ2n) is 5.06. The molecule has 0 aliphatic rings. The molecule has 0 fully saturated rings. The molecule has 0 saturated heterocycles. The molecule has 4 aromatic rings. The molecule has 11 nitrogen and oxygen atoms in total. The van der Waals surface area contributed by atoms with Gasteiger partial charge in [0, 0.05) is 49.6 Å². The summed E-state index contributed by atoms with van der Waals surface area (Å²) in [6, 6.07) is 0. The molecule has 128 valence electrons. The third-order valence-electron chi connectivity index (χ3n) is 3.53. The van der Waals surface area contributed by atoms with Crippen LogP contribution in [0.1, 0.15) is 37.7 Å². The molecular formula is C15H10N8O3. The van der Waals surface area contributed by atoms with Gasteiger partial charge in [0.2, 0.25) is 0 Å². The predicted octanol–water partition coefficient (Wildman–Crippen LogP) is 0.134. The lowest BCUT2D eigenvalue weighted by Gasteiger charge is -2.06. The van der Waals surface area contributed by atoms with Crippen LogP contribution in [0.3, 0.4) is 0 Å². The summed E-state index contributed by atoms with van der Waals surface area (Å²) in [5.74, 6) is -2.10. The van der Waals surface area contributed by atoms with E-state index in [0.29, 0.717) is 0 Å². The summed E-state index contributed by atoms with van der Waals surface area (Å²) >= 11 is 0. The Balaban J connectivity index is 1.71. The fourth-order valence-corrected chi connectivity index (χ4v) is 2.36. The van der Waals surface area contributed by atoms with Gasteiger partial charge in [-0.3, -0.25) is 23.5 Å². The van der Waals surface area contributed by atoms with E-state index < -0.39 is 17.6 Å². The van der Waals surface area contributed by atoms with Crippen LogP contribution in [-0.2, 0) is 0 Å². The standard InChI is InChI=1S/C15H10N8O3/c24-9(12-20-5-7-22(12)14(25)10-16-1-2-17-10)13-21-6-8-23(13)15(26)11-18-3-4-19-11/h1-8H,(H,16,17)(H,18,19). The van der Waals surface area contributed by atoms with Crippen LogP contribution in [0.5, 0.6) is 0 Å². The Morgan fingerprint density at radius 3 is 1.54 bits per heavy atom. The Morgan fingerprint density at radius 1 is 0.692 bits per heavy atom. The highest BCUT2D eigenvalue weighted by Gasteiger charge is 2.26. The Morgan fingerprint density at radius 2 is 1.15 bits per heavy atom. The molecule has 0 radical (unpaired) electrons. The van der Waals surface area contributed by atoms with Crippen molar-refractivity contribution in [2.45, 2.75) is 0 Å². The number of imidazole rings is 4. The topological polar surface area (TPSA) is 144 Å². The maximum Gasteiger partial charge on any atom is 0.299 e. The molecule has 4 aromatic heterocycles. The summed E-state index contributed by atoms with van der Waals surface area (Å²) in [6.45, 7) is 0. The summed E-state index contributed by atoms with van der Waals surface area (Å²) in [7, 11) is 0. The molecule has 0 atom stereocenters. The molecule has 11 heteroatoms. The zero-order valence-electron chi connectivity index (χ0n) is 13.0. The lowest BCUT2D eigenvalue weighted by atomic mass is 10.3. The van der Waals surface area contributed by atoms with Gasteiger partial charge in [0.05, 0.1) is 0 Å². The van der Waals surface area contributed by atoms with Gasteiger partial charge in [-0.25, -0.2) is 19.9 Å². The molecule has 26 heavy (non-hydrogen) atoms. The molecule has 0 aliphatic carbocycles. The van der Waals surface area contributed by atoms with Crippen molar-refractivity contribution in [1.29, 1.82) is 0 Å². The van der Waals surface area contributed by atoms with E-state index in [0.717, 1.165) is 9.13 Å². The molecule has 0 unspecified atom stereocenters. The van der Waals surface area contributed by atoms with Gasteiger partial charge in [-0.05, 0) is 0 Å². The van der Waals surface area contributed by atoms with Crippen molar-refractivity contribution in [1.82, 2.24) is 39.0 Å². The minimum atomic E-state index is -0.695. The summed E-state index contributed by atoms with van der Waals surface area (Å²) in [6.07, 6.45) is 11.1. The normalized spacial score (nSPS) is 10.8. The highest BCUT2D eigenvalue weighted by molar-refractivity contribution is 6.10. The first-order chi connectivity index (χ1) is 12.7. The van der Waals surface area contributed by atoms with Gasteiger partial charge in [0.15, 0.2) is 23.3 Å². The number of hydrogen-bond donors (Lipinski definition) is 2. The summed E-state index contributed by atoms with van der Waals surface area (Å²) in [5.41, 5.74) is 0. The second kappa shape index (κ2) is 6.05. The van der Waals surface area contributed by atoms with Gasteiger partial charge in [0.25, 0.3) is 17.6 Å². The minimum Gasteiger partial charge on any atom is -0.341 e. The van der Waals surface area contributed by atoms with Crippen LogP contribution in [0.25, 0.3) is 0 Å². The van der Waals surface area contributed by atoms with Gasteiger partial charge in [-0.1, -0.05) is 0 Å². The Bertz CT molecular complexity index is 1000. The monoisotopic (exact) mass is 350 g/mol. The number of nitrogens with one attached hydrogen (secondary N) is 2. The van der Waals surface area contributed by atoms with Crippen LogP contribution in [0.2, 0.25) is 0 Å². The Hall–Kier alpha value is -4.15. The first-order valence-electron chi connectivity index (χ1n) is 7.36. The van der Waals surface area contributed by atoms with Gasteiger partial charge < -0.3 is 9.97 Å². The van der Waals surface area contributed by atoms with Crippen molar-refractivity contribution < 1.29 is 14.4 Å². The molecule has 0 bridgehead atoms. The van der Waals surface area contributed by atoms with Crippen LogP contribution < -0.4 is 0 Å². The third kappa shape index (κ3) is 2.43. The molecule has 0 aromatic carbocycles. The number of carbonyl (C=O) groups excluding carboxylic acids is 3. The zero-order chi connectivity index (χ0) is 18.1. The Labute approximate surface area is 144 Å². The maximum atomic E-state index is 12.8. The van der Waals surface area contributed by atoms with E-state index in [-0.39, 0.29) is 23.3 Å². The number of ketones is 1. The van der Waals surface area contributed by atoms with E-state index in [1.165, 1.54) is 49.6 Å². The zero-order valence-corrected chi connectivity index (χ0v) is 13.0. The number of aromatic nitrogens is 8. The van der Waals surface area contributed by atoms with Crippen LogP contribution in [0.15, 0.2) is 49.6 Å². The van der Waals surface area contributed by atoms with Gasteiger partial charge in [0.1, 0.15) is 0 Å². The van der Waals surface area contributed by atoms with E-state index >= 15 is 0 Å². The number of nitrogens with zero attached hydrogens (tertiary/aromatic N) is 6. The second-order valence-corrected chi connectivity index (χ2v) is 5.06. The molecule has 4 heterocycles. The van der Waals surface area contributed by atoms with Crippen molar-refractivity contribution in [2.24, 2.45) is 0 Å². The van der Waals surface area contributed by atoms with E-state index in [9.17, 15) is 14.4 Å². The average molecular weight is 350 g/mol. The quantitative estimate of drug-likeness (QED) is 0.498. The van der Waals surface area contributed by atoms with E-state index in [4.69, 9.17) is 0 Å². The number of aromatic amines is 2. The average Bonchev–Trinajstić information content (AvgIpc) is 3.45. The third-order valence-corrected chi connectivity index (χ3v) is 3.53. The van der Waals surface area contributed by atoms with Crippen LogP contribution in [0.4, 0.5) is 0 Å². The van der Waals surface area contributed by atoms with Crippen molar-refractivity contribution in [3.05, 3.63) is 72.9 Å². The summed E-state index contributed by atoms with van der Waals surface area (Å²) < 4.78 is 2.08. The van der Waals surface area contributed by atoms with Crippen LogP contribution in [0, 0.1) is 0 Å². The van der Waals surface area contributed by atoms with E-state index in [2.05, 4.69) is 29.9 Å². The molecule has 2 N–H and O–H groups in total.